The minimum absolute atomic E-state index is 0.0871. The van der Waals surface area contributed by atoms with Crippen LogP contribution in [0.15, 0.2) is 71.2 Å². The highest BCUT2D eigenvalue weighted by Gasteiger charge is 2.18. The molecule has 5 nitrogen and oxygen atoms in total. The van der Waals surface area contributed by atoms with Crippen LogP contribution in [0.4, 0.5) is 5.69 Å². The first-order valence-electron chi connectivity index (χ1n) is 9.80. The minimum atomic E-state index is -0.171. The monoisotopic (exact) mass is 462 g/mol. The number of anilines is 1. The van der Waals surface area contributed by atoms with E-state index in [-0.39, 0.29) is 11.3 Å². The lowest BCUT2D eigenvalue weighted by Crippen LogP contribution is -2.16. The fraction of sp³-hybridized carbons (Fsp3) is 0.208. The molecule has 0 aliphatic heterocycles. The zero-order valence-electron chi connectivity index (χ0n) is 17.2. The van der Waals surface area contributed by atoms with Crippen LogP contribution in [0.1, 0.15) is 31.1 Å². The number of hydrogen-bond donors (Lipinski definition) is 1. The van der Waals surface area contributed by atoms with E-state index in [0.717, 1.165) is 33.2 Å². The maximum atomic E-state index is 12.9. The van der Waals surface area contributed by atoms with E-state index in [1.807, 2.05) is 71.4 Å². The van der Waals surface area contributed by atoms with Gasteiger partial charge in [0.1, 0.15) is 5.52 Å². The van der Waals surface area contributed by atoms with Crippen molar-refractivity contribution in [3.8, 4) is 11.1 Å². The Morgan fingerprint density at radius 3 is 2.47 bits per heavy atom. The molecular formula is C24H23BrN4O. The van der Waals surface area contributed by atoms with Gasteiger partial charge in [-0.3, -0.25) is 4.79 Å². The van der Waals surface area contributed by atoms with E-state index >= 15 is 0 Å². The molecule has 0 fully saturated rings. The largest absolute Gasteiger partial charge is 0.321 e. The number of benzene rings is 3. The number of fused-ring (bicyclic) bond motifs is 1. The van der Waals surface area contributed by atoms with Gasteiger partial charge in [-0.1, -0.05) is 68.4 Å². The van der Waals surface area contributed by atoms with Crippen molar-refractivity contribution in [2.75, 3.05) is 5.32 Å². The smallest absolute Gasteiger partial charge is 0.255 e. The number of aromatic nitrogens is 3. The Morgan fingerprint density at radius 2 is 1.73 bits per heavy atom. The molecule has 0 bridgehead atoms. The molecule has 0 radical (unpaired) electrons. The van der Waals surface area contributed by atoms with Crippen LogP contribution in [0.3, 0.4) is 0 Å². The molecule has 0 saturated heterocycles. The number of nitrogens with one attached hydrogen (secondary N) is 1. The maximum absolute atomic E-state index is 12.9. The summed E-state index contributed by atoms with van der Waals surface area (Å²) < 4.78 is 2.63. The Labute approximate surface area is 184 Å². The topological polar surface area (TPSA) is 59.8 Å². The van der Waals surface area contributed by atoms with Crippen molar-refractivity contribution in [2.45, 2.75) is 27.3 Å². The number of rotatable bonds is 4. The van der Waals surface area contributed by atoms with Crippen LogP contribution < -0.4 is 5.32 Å². The fourth-order valence-electron chi connectivity index (χ4n) is 3.33. The molecule has 0 unspecified atom stereocenters. The highest BCUT2D eigenvalue weighted by Crippen LogP contribution is 2.31. The number of hydrogen-bond acceptors (Lipinski definition) is 3. The van der Waals surface area contributed by atoms with Crippen molar-refractivity contribution in [2.24, 2.45) is 5.41 Å². The molecule has 4 rings (SSSR count). The third kappa shape index (κ3) is 4.28. The van der Waals surface area contributed by atoms with Gasteiger partial charge in [-0.25, -0.2) is 4.68 Å². The molecule has 0 saturated carbocycles. The molecule has 1 N–H and O–H groups in total. The van der Waals surface area contributed by atoms with Crippen molar-refractivity contribution < 1.29 is 4.79 Å². The van der Waals surface area contributed by atoms with Crippen LogP contribution in [0.2, 0.25) is 0 Å². The molecule has 0 atom stereocenters. The minimum Gasteiger partial charge on any atom is -0.321 e. The van der Waals surface area contributed by atoms with E-state index in [9.17, 15) is 4.79 Å². The van der Waals surface area contributed by atoms with E-state index in [4.69, 9.17) is 0 Å². The first kappa shape index (κ1) is 20.3. The van der Waals surface area contributed by atoms with Gasteiger partial charge in [-0.2, -0.15) is 0 Å². The third-order valence-electron chi connectivity index (χ3n) is 4.73. The summed E-state index contributed by atoms with van der Waals surface area (Å²) in [7, 11) is 0. The second-order valence-corrected chi connectivity index (χ2v) is 9.30. The predicted molar refractivity (Wildman–Crippen MR) is 125 cm³/mol. The van der Waals surface area contributed by atoms with Gasteiger partial charge in [-0.15, -0.1) is 5.10 Å². The maximum Gasteiger partial charge on any atom is 0.255 e. The van der Waals surface area contributed by atoms with E-state index in [1.165, 1.54) is 0 Å². The van der Waals surface area contributed by atoms with E-state index in [2.05, 4.69) is 52.3 Å². The molecule has 6 heteroatoms. The normalized spacial score (nSPS) is 11.6. The van der Waals surface area contributed by atoms with Gasteiger partial charge in [0.15, 0.2) is 0 Å². The highest BCUT2D eigenvalue weighted by molar-refractivity contribution is 9.10. The van der Waals surface area contributed by atoms with Crippen LogP contribution in [0.25, 0.3) is 22.2 Å². The van der Waals surface area contributed by atoms with Crippen LogP contribution >= 0.6 is 15.9 Å². The summed E-state index contributed by atoms with van der Waals surface area (Å²) in [6, 6.07) is 21.5. The summed E-state index contributed by atoms with van der Waals surface area (Å²) in [5.41, 5.74) is 5.09. The van der Waals surface area contributed by atoms with Crippen LogP contribution in [-0.2, 0) is 6.54 Å². The Balaban J connectivity index is 1.60. The molecule has 0 aliphatic rings. The quantitative estimate of drug-likeness (QED) is 0.394. The molecule has 0 spiro atoms. The van der Waals surface area contributed by atoms with Crippen molar-refractivity contribution >= 4 is 38.6 Å². The summed E-state index contributed by atoms with van der Waals surface area (Å²) in [6.07, 6.45) is 0. The second-order valence-electron chi connectivity index (χ2n) is 8.50. The van der Waals surface area contributed by atoms with Crippen LogP contribution in [-0.4, -0.2) is 20.9 Å². The molecule has 1 heterocycles. The van der Waals surface area contributed by atoms with Crippen molar-refractivity contribution in [1.82, 2.24) is 15.0 Å². The lowest BCUT2D eigenvalue weighted by molar-refractivity contribution is 0.102. The SMILES string of the molecule is CC(C)(C)Cn1nnc2c(Br)c(NC(=O)c3cccc(-c4ccccc4)c3)ccc21. The summed E-state index contributed by atoms with van der Waals surface area (Å²) in [5, 5.41) is 11.6. The molecule has 30 heavy (non-hydrogen) atoms. The second kappa shape index (κ2) is 8.03. The van der Waals surface area contributed by atoms with Crippen molar-refractivity contribution in [3.05, 3.63) is 76.8 Å². The molecule has 3 aromatic carbocycles. The summed E-state index contributed by atoms with van der Waals surface area (Å²) in [6.45, 7) is 7.24. The van der Waals surface area contributed by atoms with Crippen LogP contribution in [0, 0.1) is 5.41 Å². The van der Waals surface area contributed by atoms with Gasteiger partial charge in [0.05, 0.1) is 15.7 Å². The zero-order chi connectivity index (χ0) is 21.3. The number of carbonyl (C=O) groups excluding carboxylic acids is 1. The predicted octanol–water partition coefficient (Wildman–Crippen LogP) is 6.16. The highest BCUT2D eigenvalue weighted by atomic mass is 79.9. The molecule has 4 aromatic rings. The van der Waals surface area contributed by atoms with Gasteiger partial charge < -0.3 is 5.32 Å². The Bertz CT molecular complexity index is 1210. The number of halogens is 1. The summed E-state index contributed by atoms with van der Waals surface area (Å²) in [5.74, 6) is -0.171. The van der Waals surface area contributed by atoms with E-state index in [0.29, 0.717) is 11.3 Å². The number of nitrogens with zero attached hydrogens (tertiary/aromatic N) is 3. The van der Waals surface area contributed by atoms with E-state index < -0.39 is 0 Å². The van der Waals surface area contributed by atoms with Gasteiger partial charge in [-0.05, 0) is 56.7 Å². The molecular weight excluding hydrogens is 440 g/mol. The fourth-order valence-corrected chi connectivity index (χ4v) is 3.85. The number of carbonyl (C=O) groups is 1. The lowest BCUT2D eigenvalue weighted by atomic mass is 9.97. The molecule has 1 amide bonds. The average molecular weight is 463 g/mol. The van der Waals surface area contributed by atoms with Gasteiger partial charge >= 0.3 is 0 Å². The lowest BCUT2D eigenvalue weighted by Gasteiger charge is -2.18. The molecule has 1 aromatic heterocycles. The van der Waals surface area contributed by atoms with Gasteiger partial charge in [0.25, 0.3) is 5.91 Å². The summed E-state index contributed by atoms with van der Waals surface area (Å²) in [4.78, 5) is 12.9. The third-order valence-corrected chi connectivity index (χ3v) is 5.53. The van der Waals surface area contributed by atoms with Crippen molar-refractivity contribution in [3.63, 3.8) is 0 Å². The molecule has 0 aliphatic carbocycles. The first-order valence-corrected chi connectivity index (χ1v) is 10.6. The Kier molecular flexibility index (Phi) is 5.43. The Morgan fingerprint density at radius 1 is 1.00 bits per heavy atom. The van der Waals surface area contributed by atoms with Crippen LogP contribution in [0.5, 0.6) is 0 Å². The van der Waals surface area contributed by atoms with Crippen molar-refractivity contribution in [1.29, 1.82) is 0 Å². The van der Waals surface area contributed by atoms with Gasteiger partial charge in [0, 0.05) is 12.1 Å². The molecule has 152 valence electrons. The summed E-state index contributed by atoms with van der Waals surface area (Å²) >= 11 is 3.60. The zero-order valence-corrected chi connectivity index (χ0v) is 18.8. The Hall–Kier alpha value is -2.99. The van der Waals surface area contributed by atoms with E-state index in [1.54, 1.807) is 0 Å². The van der Waals surface area contributed by atoms with Gasteiger partial charge in [0.2, 0.25) is 0 Å². The first-order chi connectivity index (χ1) is 14.3. The average Bonchev–Trinajstić information content (AvgIpc) is 3.12. The standard InChI is InChI=1S/C24H23BrN4O/c1-24(2,3)15-29-20-13-12-19(21(25)22(20)27-28-29)26-23(30)18-11-7-10-17(14-18)16-8-5-4-6-9-16/h4-14H,15H2,1-3H3,(H,26,30). The number of amides is 1.